The van der Waals surface area contributed by atoms with Gasteiger partial charge in [-0.1, -0.05) is 25.1 Å². The summed E-state index contributed by atoms with van der Waals surface area (Å²) in [5, 5.41) is 3.34. The van der Waals surface area contributed by atoms with Crippen molar-refractivity contribution in [1.82, 2.24) is 5.32 Å². The quantitative estimate of drug-likeness (QED) is 0.715. The lowest BCUT2D eigenvalue weighted by Gasteiger charge is -2.16. The van der Waals surface area contributed by atoms with Crippen LogP contribution in [0.1, 0.15) is 12.5 Å². The average Bonchev–Trinajstić information content (AvgIpc) is 2.63. The highest BCUT2D eigenvalue weighted by Gasteiger charge is 2.64. The van der Waals surface area contributed by atoms with Crippen LogP contribution in [0.2, 0.25) is 0 Å². The first-order chi connectivity index (χ1) is 6.74. The van der Waals surface area contributed by atoms with Crippen molar-refractivity contribution in [2.75, 3.05) is 13.1 Å². The predicted molar refractivity (Wildman–Crippen MR) is 53.6 cm³/mol. The number of hydrogen-bond acceptors (Lipinski definition) is 1. The van der Waals surface area contributed by atoms with E-state index in [1.165, 1.54) is 0 Å². The Labute approximate surface area is 83.3 Å². The summed E-state index contributed by atoms with van der Waals surface area (Å²) in [4.78, 5) is 0. The highest BCUT2D eigenvalue weighted by Crippen LogP contribution is 2.61. The predicted octanol–water partition coefficient (Wildman–Crippen LogP) is 1.93. The third-order valence-electron chi connectivity index (χ3n) is 4.10. The smallest absolute Gasteiger partial charge is 0.126 e. The van der Waals surface area contributed by atoms with Crippen LogP contribution in [0.15, 0.2) is 24.3 Å². The maximum atomic E-state index is 13.6. The van der Waals surface area contributed by atoms with Gasteiger partial charge in [-0.25, -0.2) is 4.39 Å². The van der Waals surface area contributed by atoms with Crippen molar-refractivity contribution in [2.45, 2.75) is 12.3 Å². The number of rotatable bonds is 1. The SMILES string of the molecule is CC1(c2ccccc2F)C2CNCC21. The van der Waals surface area contributed by atoms with Crippen molar-refractivity contribution >= 4 is 0 Å². The average molecular weight is 191 g/mol. The molecule has 1 aromatic rings. The number of nitrogens with one attached hydrogen (secondary N) is 1. The zero-order valence-corrected chi connectivity index (χ0v) is 8.26. The summed E-state index contributed by atoms with van der Waals surface area (Å²) in [7, 11) is 0. The molecule has 2 heteroatoms. The Morgan fingerprint density at radius 2 is 1.93 bits per heavy atom. The van der Waals surface area contributed by atoms with E-state index >= 15 is 0 Å². The second-order valence-corrected chi connectivity index (χ2v) is 4.63. The molecule has 1 aliphatic heterocycles. The van der Waals surface area contributed by atoms with Crippen LogP contribution in [-0.2, 0) is 5.41 Å². The Hall–Kier alpha value is -0.890. The Kier molecular flexibility index (Phi) is 1.55. The van der Waals surface area contributed by atoms with E-state index in [0.717, 1.165) is 18.7 Å². The van der Waals surface area contributed by atoms with Gasteiger partial charge in [0.1, 0.15) is 5.82 Å². The fraction of sp³-hybridized carbons (Fsp3) is 0.500. The Morgan fingerprint density at radius 3 is 2.57 bits per heavy atom. The normalized spacial score (nSPS) is 39.6. The van der Waals surface area contributed by atoms with Gasteiger partial charge >= 0.3 is 0 Å². The van der Waals surface area contributed by atoms with Crippen LogP contribution >= 0.6 is 0 Å². The standard InChI is InChI=1S/C12H14FN/c1-12(9-6-14-7-10(9)12)8-4-2-3-5-11(8)13/h2-5,9-10,14H,6-7H2,1H3. The van der Waals surface area contributed by atoms with Crippen LogP contribution in [0.4, 0.5) is 4.39 Å². The molecule has 14 heavy (non-hydrogen) atoms. The summed E-state index contributed by atoms with van der Waals surface area (Å²) in [6, 6.07) is 7.21. The van der Waals surface area contributed by atoms with Crippen LogP contribution in [0.3, 0.4) is 0 Å². The van der Waals surface area contributed by atoms with E-state index in [4.69, 9.17) is 0 Å². The first kappa shape index (κ1) is 8.42. The Balaban J connectivity index is 2.01. The molecule has 1 aliphatic carbocycles. The largest absolute Gasteiger partial charge is 0.316 e. The summed E-state index contributed by atoms with van der Waals surface area (Å²) in [5.74, 6) is 1.27. The Bertz CT molecular complexity index is 364. The molecule has 0 aromatic heterocycles. The molecule has 74 valence electrons. The molecule has 0 spiro atoms. The first-order valence-corrected chi connectivity index (χ1v) is 5.20. The topological polar surface area (TPSA) is 12.0 Å². The summed E-state index contributed by atoms with van der Waals surface area (Å²) >= 11 is 0. The molecular formula is C12H14FN. The minimum atomic E-state index is -0.0376. The first-order valence-electron chi connectivity index (χ1n) is 5.20. The lowest BCUT2D eigenvalue weighted by molar-refractivity contribution is 0.516. The van der Waals surface area contributed by atoms with Crippen molar-refractivity contribution in [2.24, 2.45) is 11.8 Å². The molecule has 1 saturated heterocycles. The van der Waals surface area contributed by atoms with Crippen molar-refractivity contribution in [1.29, 1.82) is 0 Å². The highest BCUT2D eigenvalue weighted by molar-refractivity contribution is 5.38. The number of fused-ring (bicyclic) bond motifs is 1. The number of hydrogen-bond donors (Lipinski definition) is 1. The van der Waals surface area contributed by atoms with Gasteiger partial charge < -0.3 is 5.32 Å². The van der Waals surface area contributed by atoms with Crippen LogP contribution in [0.5, 0.6) is 0 Å². The highest BCUT2D eigenvalue weighted by atomic mass is 19.1. The van der Waals surface area contributed by atoms with Gasteiger partial charge in [-0.2, -0.15) is 0 Å². The van der Waals surface area contributed by atoms with Crippen molar-refractivity contribution in [3.05, 3.63) is 35.6 Å². The van der Waals surface area contributed by atoms with E-state index in [9.17, 15) is 4.39 Å². The summed E-state index contributed by atoms with van der Waals surface area (Å²) in [5.41, 5.74) is 1.02. The third kappa shape index (κ3) is 0.871. The van der Waals surface area contributed by atoms with E-state index in [1.807, 2.05) is 12.1 Å². The molecule has 1 nitrogen and oxygen atoms in total. The molecule has 2 atom stereocenters. The van der Waals surface area contributed by atoms with E-state index in [-0.39, 0.29) is 11.2 Å². The zero-order chi connectivity index (χ0) is 9.76. The second-order valence-electron chi connectivity index (χ2n) is 4.63. The minimum Gasteiger partial charge on any atom is -0.316 e. The molecule has 2 fully saturated rings. The lowest BCUT2D eigenvalue weighted by Crippen LogP contribution is -2.23. The molecule has 1 saturated carbocycles. The van der Waals surface area contributed by atoms with Gasteiger partial charge in [-0.05, 0) is 36.6 Å². The van der Waals surface area contributed by atoms with Gasteiger partial charge in [0, 0.05) is 5.41 Å². The third-order valence-corrected chi connectivity index (χ3v) is 4.10. The number of benzene rings is 1. The van der Waals surface area contributed by atoms with E-state index < -0.39 is 0 Å². The van der Waals surface area contributed by atoms with Gasteiger partial charge in [0.2, 0.25) is 0 Å². The van der Waals surface area contributed by atoms with Gasteiger partial charge in [-0.15, -0.1) is 0 Å². The van der Waals surface area contributed by atoms with Crippen molar-refractivity contribution in [3.63, 3.8) is 0 Å². The number of piperidine rings is 1. The molecule has 0 radical (unpaired) electrons. The van der Waals surface area contributed by atoms with Gasteiger partial charge in [-0.3, -0.25) is 0 Å². The molecule has 2 unspecified atom stereocenters. The van der Waals surface area contributed by atoms with Crippen LogP contribution in [0, 0.1) is 17.7 Å². The summed E-state index contributed by atoms with van der Waals surface area (Å²) in [6.45, 7) is 4.30. The maximum absolute atomic E-state index is 13.6. The van der Waals surface area contributed by atoms with Crippen molar-refractivity contribution in [3.8, 4) is 0 Å². The molecule has 3 rings (SSSR count). The van der Waals surface area contributed by atoms with Crippen LogP contribution in [-0.4, -0.2) is 13.1 Å². The van der Waals surface area contributed by atoms with Gasteiger partial charge in [0.25, 0.3) is 0 Å². The van der Waals surface area contributed by atoms with Gasteiger partial charge in [0.15, 0.2) is 0 Å². The lowest BCUT2D eigenvalue weighted by atomic mass is 9.92. The molecule has 1 aromatic carbocycles. The zero-order valence-electron chi connectivity index (χ0n) is 8.26. The molecule has 0 amide bonds. The van der Waals surface area contributed by atoms with Gasteiger partial charge in [0.05, 0.1) is 0 Å². The molecule has 2 aliphatic rings. The van der Waals surface area contributed by atoms with E-state index in [1.54, 1.807) is 12.1 Å². The minimum absolute atomic E-state index is 0.0376. The summed E-state index contributed by atoms with van der Waals surface area (Å²) in [6.07, 6.45) is 0. The second kappa shape index (κ2) is 2.57. The molecule has 1 heterocycles. The van der Waals surface area contributed by atoms with Crippen molar-refractivity contribution < 1.29 is 4.39 Å². The molecule has 0 bridgehead atoms. The fourth-order valence-corrected chi connectivity index (χ4v) is 3.10. The fourth-order valence-electron chi connectivity index (χ4n) is 3.10. The number of halogens is 1. The Morgan fingerprint density at radius 1 is 1.29 bits per heavy atom. The van der Waals surface area contributed by atoms with E-state index in [0.29, 0.717) is 11.8 Å². The van der Waals surface area contributed by atoms with E-state index in [2.05, 4.69) is 12.2 Å². The van der Waals surface area contributed by atoms with Crippen LogP contribution in [0.25, 0.3) is 0 Å². The van der Waals surface area contributed by atoms with Crippen LogP contribution < -0.4 is 5.32 Å². The maximum Gasteiger partial charge on any atom is 0.126 e. The molecular weight excluding hydrogens is 177 g/mol. The molecule has 1 N–H and O–H groups in total. The summed E-state index contributed by atoms with van der Waals surface area (Å²) < 4.78 is 13.6. The monoisotopic (exact) mass is 191 g/mol.